The van der Waals surface area contributed by atoms with Gasteiger partial charge in [-0.15, -0.1) is 0 Å². The van der Waals surface area contributed by atoms with E-state index in [4.69, 9.17) is 0 Å². The van der Waals surface area contributed by atoms with E-state index in [0.717, 1.165) is 23.4 Å². The predicted molar refractivity (Wildman–Crippen MR) is 115 cm³/mol. The van der Waals surface area contributed by atoms with Gasteiger partial charge in [-0.25, -0.2) is 4.98 Å². The molecule has 0 amide bonds. The maximum absolute atomic E-state index is 13.0. The molecule has 0 saturated carbocycles. The molecule has 0 fully saturated rings. The summed E-state index contributed by atoms with van der Waals surface area (Å²) in [5, 5.41) is 6.50. The van der Waals surface area contributed by atoms with Crippen molar-refractivity contribution in [3.8, 4) is 0 Å². The number of rotatable bonds is 6. The molecule has 148 valence electrons. The predicted octanol–water partition coefficient (Wildman–Crippen LogP) is 3.80. The van der Waals surface area contributed by atoms with Crippen molar-refractivity contribution in [1.82, 2.24) is 19.6 Å². The molecular formula is C23H25N5O. The maximum atomic E-state index is 13.0. The molecular weight excluding hydrogens is 362 g/mol. The molecule has 29 heavy (non-hydrogen) atoms. The van der Waals surface area contributed by atoms with E-state index in [-0.39, 0.29) is 5.56 Å². The Kier molecular flexibility index (Phi) is 5.16. The van der Waals surface area contributed by atoms with Gasteiger partial charge in [-0.05, 0) is 37.5 Å². The van der Waals surface area contributed by atoms with Gasteiger partial charge >= 0.3 is 0 Å². The third-order valence-corrected chi connectivity index (χ3v) is 5.19. The third-order valence-electron chi connectivity index (χ3n) is 5.19. The van der Waals surface area contributed by atoms with Gasteiger partial charge in [0.2, 0.25) is 0 Å². The third kappa shape index (κ3) is 3.92. The largest absolute Gasteiger partial charge is 0.378 e. The van der Waals surface area contributed by atoms with Gasteiger partial charge in [0.05, 0.1) is 12.2 Å². The molecule has 0 bridgehead atoms. The minimum atomic E-state index is -0.0965. The number of hydrogen-bond acceptors (Lipinski definition) is 4. The highest BCUT2D eigenvalue weighted by Gasteiger charge is 2.14. The quantitative estimate of drug-likeness (QED) is 0.528. The molecule has 0 aliphatic rings. The molecule has 2 aromatic carbocycles. The highest BCUT2D eigenvalue weighted by molar-refractivity contribution is 5.51. The molecule has 4 rings (SSSR count). The Balaban J connectivity index is 1.61. The molecule has 0 radical (unpaired) electrons. The van der Waals surface area contributed by atoms with E-state index in [2.05, 4.69) is 70.6 Å². The van der Waals surface area contributed by atoms with Crippen molar-refractivity contribution in [3.05, 3.63) is 92.7 Å². The van der Waals surface area contributed by atoms with Crippen LogP contribution >= 0.6 is 0 Å². The Bertz CT molecular complexity index is 1200. The van der Waals surface area contributed by atoms with Crippen LogP contribution in [0.15, 0.2) is 53.3 Å². The van der Waals surface area contributed by atoms with Crippen LogP contribution in [0.25, 0.3) is 5.78 Å². The fraction of sp³-hybridized carbons (Fsp3) is 0.261. The summed E-state index contributed by atoms with van der Waals surface area (Å²) < 4.78 is 1.44. The maximum Gasteiger partial charge on any atom is 0.277 e. The van der Waals surface area contributed by atoms with E-state index >= 15 is 0 Å². The van der Waals surface area contributed by atoms with E-state index < -0.39 is 0 Å². The van der Waals surface area contributed by atoms with E-state index in [1.54, 1.807) is 0 Å². The molecule has 4 aromatic rings. The van der Waals surface area contributed by atoms with E-state index in [0.29, 0.717) is 30.1 Å². The minimum Gasteiger partial charge on any atom is -0.378 e. The average molecular weight is 387 g/mol. The molecule has 0 atom stereocenters. The molecule has 2 aromatic heterocycles. The van der Waals surface area contributed by atoms with Crippen molar-refractivity contribution in [2.75, 3.05) is 5.32 Å². The van der Waals surface area contributed by atoms with Gasteiger partial charge in [-0.3, -0.25) is 9.89 Å². The summed E-state index contributed by atoms with van der Waals surface area (Å²) in [6.07, 6.45) is 1.50. The smallest absolute Gasteiger partial charge is 0.277 e. The molecule has 0 unspecified atom stereocenters. The number of nitrogens with zero attached hydrogens (tertiary/aromatic N) is 3. The summed E-state index contributed by atoms with van der Waals surface area (Å²) in [7, 11) is 0. The van der Waals surface area contributed by atoms with Crippen molar-refractivity contribution >= 4 is 11.5 Å². The SMILES string of the molecule is CCc1ccccc1NCc1nc2nc(C)c(Cc3ccc(C)cc3)c(=O)n2[nH]1. The second-order valence-electron chi connectivity index (χ2n) is 7.31. The van der Waals surface area contributed by atoms with Gasteiger partial charge < -0.3 is 5.32 Å². The second kappa shape index (κ2) is 7.91. The van der Waals surface area contributed by atoms with Gasteiger partial charge in [-0.1, -0.05) is 55.0 Å². The summed E-state index contributed by atoms with van der Waals surface area (Å²) in [4.78, 5) is 22.1. The molecule has 0 spiro atoms. The van der Waals surface area contributed by atoms with Gasteiger partial charge in [-0.2, -0.15) is 9.50 Å². The fourth-order valence-corrected chi connectivity index (χ4v) is 3.47. The monoisotopic (exact) mass is 387 g/mol. The summed E-state index contributed by atoms with van der Waals surface area (Å²) >= 11 is 0. The number of H-pyrrole nitrogens is 1. The van der Waals surface area contributed by atoms with Crippen molar-refractivity contribution in [2.24, 2.45) is 0 Å². The lowest BCUT2D eigenvalue weighted by atomic mass is 10.0. The highest BCUT2D eigenvalue weighted by Crippen LogP contribution is 2.16. The topological polar surface area (TPSA) is 75.1 Å². The van der Waals surface area contributed by atoms with Gasteiger partial charge in [0, 0.05) is 17.7 Å². The number of aromatic amines is 1. The van der Waals surface area contributed by atoms with Crippen LogP contribution in [0.1, 0.15) is 40.7 Å². The zero-order chi connectivity index (χ0) is 20.4. The van der Waals surface area contributed by atoms with Crippen LogP contribution in [0.4, 0.5) is 5.69 Å². The number of nitrogens with one attached hydrogen (secondary N) is 2. The van der Waals surface area contributed by atoms with Crippen molar-refractivity contribution in [3.63, 3.8) is 0 Å². The van der Waals surface area contributed by atoms with Gasteiger partial charge in [0.15, 0.2) is 0 Å². The molecule has 6 heteroatoms. The Morgan fingerprint density at radius 3 is 2.55 bits per heavy atom. The highest BCUT2D eigenvalue weighted by atomic mass is 16.1. The molecule has 2 heterocycles. The van der Waals surface area contributed by atoms with E-state index in [9.17, 15) is 4.79 Å². The number of para-hydroxylation sites is 1. The van der Waals surface area contributed by atoms with Crippen LogP contribution in [-0.4, -0.2) is 19.6 Å². The van der Waals surface area contributed by atoms with Crippen molar-refractivity contribution < 1.29 is 0 Å². The van der Waals surface area contributed by atoms with Crippen LogP contribution in [0, 0.1) is 13.8 Å². The zero-order valence-electron chi connectivity index (χ0n) is 17.0. The number of aryl methyl sites for hydroxylation is 3. The Morgan fingerprint density at radius 2 is 1.79 bits per heavy atom. The summed E-state index contributed by atoms with van der Waals surface area (Å²) in [6.45, 7) is 6.54. The Morgan fingerprint density at radius 1 is 1.03 bits per heavy atom. The fourth-order valence-electron chi connectivity index (χ4n) is 3.47. The Hall–Kier alpha value is -3.41. The lowest BCUT2D eigenvalue weighted by Crippen LogP contribution is -2.22. The van der Waals surface area contributed by atoms with Gasteiger partial charge in [0.1, 0.15) is 5.82 Å². The molecule has 0 aliphatic heterocycles. The van der Waals surface area contributed by atoms with Crippen LogP contribution < -0.4 is 10.9 Å². The standard InChI is InChI=1S/C23H25N5O/c1-4-18-7-5-6-8-20(18)24-14-21-26-23-25-16(3)19(22(29)28(23)27-21)13-17-11-9-15(2)10-12-17/h5-12,24H,4,13-14H2,1-3H3,(H,25,26,27). The molecule has 0 aliphatic carbocycles. The second-order valence-corrected chi connectivity index (χ2v) is 7.31. The van der Waals surface area contributed by atoms with Crippen LogP contribution in [0.3, 0.4) is 0 Å². The molecule has 2 N–H and O–H groups in total. The number of fused-ring (bicyclic) bond motifs is 1. The molecule has 6 nitrogen and oxygen atoms in total. The first-order valence-electron chi connectivity index (χ1n) is 9.89. The van der Waals surface area contributed by atoms with Crippen LogP contribution in [0.5, 0.6) is 0 Å². The first-order chi connectivity index (χ1) is 14.0. The zero-order valence-corrected chi connectivity index (χ0v) is 17.0. The van der Waals surface area contributed by atoms with E-state index in [1.807, 2.05) is 19.1 Å². The number of benzene rings is 2. The number of aromatic nitrogens is 4. The minimum absolute atomic E-state index is 0.0965. The number of anilines is 1. The van der Waals surface area contributed by atoms with Crippen LogP contribution in [-0.2, 0) is 19.4 Å². The van der Waals surface area contributed by atoms with Crippen molar-refractivity contribution in [1.29, 1.82) is 0 Å². The summed E-state index contributed by atoms with van der Waals surface area (Å²) in [6, 6.07) is 16.4. The normalized spacial score (nSPS) is 11.1. The van der Waals surface area contributed by atoms with Gasteiger partial charge in [0.25, 0.3) is 11.3 Å². The lowest BCUT2D eigenvalue weighted by molar-refractivity contribution is 0.832. The van der Waals surface area contributed by atoms with E-state index in [1.165, 1.54) is 15.6 Å². The average Bonchev–Trinajstić information content (AvgIpc) is 3.14. The summed E-state index contributed by atoms with van der Waals surface area (Å²) in [5.74, 6) is 1.08. The van der Waals surface area contributed by atoms with Crippen molar-refractivity contribution in [2.45, 2.75) is 40.2 Å². The molecule has 0 saturated heterocycles. The lowest BCUT2D eigenvalue weighted by Gasteiger charge is -2.08. The number of hydrogen-bond donors (Lipinski definition) is 2. The van der Waals surface area contributed by atoms with Crippen LogP contribution in [0.2, 0.25) is 0 Å². The Labute approximate surface area is 169 Å². The first-order valence-corrected chi connectivity index (χ1v) is 9.89. The summed E-state index contributed by atoms with van der Waals surface area (Å²) in [5.41, 5.74) is 5.92. The first kappa shape index (κ1) is 18.9.